The number of hydrogen-bond donors (Lipinski definition) is 0. The standard InChI is InChI=1S/C25H26N4O2/c1-18-16-28(17-26-18)22-12-11-19(15-23(22)30-3)14-20-8-7-13-29-24(20)27-31-25(29,2)21-9-5-4-6-10-21/h4-6,9-12,14-17H,7-8,13H2,1-3H3. The Balaban J connectivity index is 1.46. The number of aromatic nitrogens is 2. The van der Waals surface area contributed by atoms with Crippen LogP contribution in [0.25, 0.3) is 11.8 Å². The van der Waals surface area contributed by atoms with E-state index in [4.69, 9.17) is 9.57 Å². The average molecular weight is 415 g/mol. The molecule has 158 valence electrons. The van der Waals surface area contributed by atoms with E-state index in [1.54, 1.807) is 13.4 Å². The average Bonchev–Trinajstić information content (AvgIpc) is 3.39. The second kappa shape index (κ2) is 7.61. The molecule has 0 radical (unpaired) electrons. The minimum atomic E-state index is -0.572. The lowest BCUT2D eigenvalue weighted by molar-refractivity contribution is -0.0912. The van der Waals surface area contributed by atoms with Crippen LogP contribution < -0.4 is 4.74 Å². The Hall–Kier alpha value is -3.54. The SMILES string of the molecule is COc1cc(C=C2CCCN3C2=NOC3(C)c2ccccc2)ccc1-n1cnc(C)c1. The van der Waals surface area contributed by atoms with Gasteiger partial charge in [-0.3, -0.25) is 0 Å². The maximum atomic E-state index is 6.00. The van der Waals surface area contributed by atoms with Crippen LogP contribution in [0.3, 0.4) is 0 Å². The van der Waals surface area contributed by atoms with Crippen LogP contribution in [0, 0.1) is 6.92 Å². The molecule has 1 unspecified atom stereocenters. The number of methoxy groups -OCH3 is 1. The first-order valence-corrected chi connectivity index (χ1v) is 10.6. The Labute approximate surface area is 182 Å². The fourth-order valence-corrected chi connectivity index (χ4v) is 4.37. The highest BCUT2D eigenvalue weighted by atomic mass is 16.7. The second-order valence-electron chi connectivity index (χ2n) is 8.13. The molecule has 2 aliphatic heterocycles. The molecule has 1 fully saturated rings. The summed E-state index contributed by atoms with van der Waals surface area (Å²) < 4.78 is 7.65. The summed E-state index contributed by atoms with van der Waals surface area (Å²) in [6.07, 6.45) is 8.01. The zero-order valence-corrected chi connectivity index (χ0v) is 18.1. The molecule has 5 rings (SSSR count). The molecular weight excluding hydrogens is 388 g/mol. The maximum Gasteiger partial charge on any atom is 0.234 e. The number of benzene rings is 2. The summed E-state index contributed by atoms with van der Waals surface area (Å²) in [4.78, 5) is 12.6. The highest BCUT2D eigenvalue weighted by Crippen LogP contribution is 2.40. The van der Waals surface area contributed by atoms with Gasteiger partial charge in [0.2, 0.25) is 5.72 Å². The van der Waals surface area contributed by atoms with Crippen LogP contribution in [0.4, 0.5) is 0 Å². The molecule has 0 spiro atoms. The minimum Gasteiger partial charge on any atom is -0.495 e. The van der Waals surface area contributed by atoms with E-state index in [0.717, 1.165) is 53.5 Å². The number of amidine groups is 1. The molecule has 6 nitrogen and oxygen atoms in total. The van der Waals surface area contributed by atoms with E-state index < -0.39 is 5.72 Å². The van der Waals surface area contributed by atoms with E-state index in [-0.39, 0.29) is 0 Å². The predicted molar refractivity (Wildman–Crippen MR) is 121 cm³/mol. The summed E-state index contributed by atoms with van der Waals surface area (Å²) in [6.45, 7) is 4.99. The summed E-state index contributed by atoms with van der Waals surface area (Å²) in [5.74, 6) is 1.73. The number of ether oxygens (including phenoxy) is 1. The van der Waals surface area contributed by atoms with E-state index in [0.29, 0.717) is 0 Å². The van der Waals surface area contributed by atoms with Crippen molar-refractivity contribution in [3.63, 3.8) is 0 Å². The van der Waals surface area contributed by atoms with Crippen LogP contribution in [-0.4, -0.2) is 33.9 Å². The number of rotatable bonds is 4. The molecule has 1 atom stereocenters. The van der Waals surface area contributed by atoms with Crippen LogP contribution >= 0.6 is 0 Å². The number of hydrogen-bond acceptors (Lipinski definition) is 5. The van der Waals surface area contributed by atoms with Crippen LogP contribution in [0.2, 0.25) is 0 Å². The topological polar surface area (TPSA) is 51.9 Å². The van der Waals surface area contributed by atoms with Crippen molar-refractivity contribution in [2.45, 2.75) is 32.4 Å². The third kappa shape index (κ3) is 3.38. The lowest BCUT2D eigenvalue weighted by Crippen LogP contribution is -2.46. The summed E-state index contributed by atoms with van der Waals surface area (Å²) >= 11 is 0. The Kier molecular flexibility index (Phi) is 4.77. The van der Waals surface area contributed by atoms with Gasteiger partial charge in [0.25, 0.3) is 0 Å². The highest BCUT2D eigenvalue weighted by Gasteiger charge is 2.45. The van der Waals surface area contributed by atoms with Crippen LogP contribution in [0.5, 0.6) is 5.75 Å². The van der Waals surface area contributed by atoms with Gasteiger partial charge in [-0.25, -0.2) is 4.98 Å². The number of oxime groups is 1. The monoisotopic (exact) mass is 414 g/mol. The first-order valence-electron chi connectivity index (χ1n) is 10.6. The van der Waals surface area contributed by atoms with Crippen molar-refractivity contribution >= 4 is 11.9 Å². The number of piperidine rings is 1. The van der Waals surface area contributed by atoms with Crippen molar-refractivity contribution < 1.29 is 9.57 Å². The molecular formula is C25H26N4O2. The molecule has 0 bridgehead atoms. The minimum absolute atomic E-state index is 0.572. The second-order valence-corrected chi connectivity index (χ2v) is 8.13. The van der Waals surface area contributed by atoms with Gasteiger partial charge in [-0.15, -0.1) is 0 Å². The molecule has 2 aromatic carbocycles. The number of nitrogens with zero attached hydrogens (tertiary/aromatic N) is 4. The van der Waals surface area contributed by atoms with E-state index >= 15 is 0 Å². The van der Waals surface area contributed by atoms with Crippen molar-refractivity contribution in [2.24, 2.45) is 5.16 Å². The summed E-state index contributed by atoms with van der Waals surface area (Å²) in [7, 11) is 1.70. The highest BCUT2D eigenvalue weighted by molar-refractivity contribution is 6.03. The Morgan fingerprint density at radius 1 is 1.16 bits per heavy atom. The van der Waals surface area contributed by atoms with Gasteiger partial charge >= 0.3 is 0 Å². The smallest absolute Gasteiger partial charge is 0.234 e. The third-order valence-electron chi connectivity index (χ3n) is 6.04. The van der Waals surface area contributed by atoms with Gasteiger partial charge in [-0.1, -0.05) is 41.6 Å². The zero-order chi connectivity index (χ0) is 21.4. The predicted octanol–water partition coefficient (Wildman–Crippen LogP) is 4.89. The molecule has 3 aromatic rings. The molecule has 0 N–H and O–H groups in total. The molecule has 0 saturated carbocycles. The lowest BCUT2D eigenvalue weighted by atomic mass is 9.95. The van der Waals surface area contributed by atoms with E-state index in [1.807, 2.05) is 35.9 Å². The quantitative estimate of drug-likeness (QED) is 0.610. The fourth-order valence-electron chi connectivity index (χ4n) is 4.37. The summed E-state index contributed by atoms with van der Waals surface area (Å²) in [6, 6.07) is 16.5. The van der Waals surface area contributed by atoms with Gasteiger partial charge in [0.1, 0.15) is 5.75 Å². The van der Waals surface area contributed by atoms with E-state index in [9.17, 15) is 0 Å². The van der Waals surface area contributed by atoms with E-state index in [1.165, 1.54) is 5.57 Å². The zero-order valence-electron chi connectivity index (χ0n) is 18.1. The van der Waals surface area contributed by atoms with Crippen molar-refractivity contribution in [3.05, 3.63) is 83.4 Å². The van der Waals surface area contributed by atoms with Gasteiger partial charge in [0.05, 0.1) is 24.8 Å². The first-order chi connectivity index (χ1) is 15.1. The van der Waals surface area contributed by atoms with Crippen LogP contribution in [0.1, 0.15) is 36.6 Å². The molecule has 1 saturated heterocycles. The Bertz CT molecular complexity index is 1170. The summed E-state index contributed by atoms with van der Waals surface area (Å²) in [5, 5.41) is 4.51. The number of fused-ring (bicyclic) bond motifs is 1. The molecule has 1 aromatic heterocycles. The fraction of sp³-hybridized carbons (Fsp3) is 0.280. The molecule has 31 heavy (non-hydrogen) atoms. The van der Waals surface area contributed by atoms with Crippen molar-refractivity contribution in [1.82, 2.24) is 14.5 Å². The number of imidazole rings is 1. The van der Waals surface area contributed by atoms with Crippen molar-refractivity contribution in [1.29, 1.82) is 0 Å². The van der Waals surface area contributed by atoms with Gasteiger partial charge < -0.3 is 19.0 Å². The molecule has 6 heteroatoms. The van der Waals surface area contributed by atoms with Gasteiger partial charge in [0, 0.05) is 25.2 Å². The summed E-state index contributed by atoms with van der Waals surface area (Å²) in [5.41, 5.74) is 4.72. The van der Waals surface area contributed by atoms with E-state index in [2.05, 4.69) is 58.4 Å². The van der Waals surface area contributed by atoms with Crippen LogP contribution in [-0.2, 0) is 10.6 Å². The van der Waals surface area contributed by atoms with Crippen molar-refractivity contribution in [2.75, 3.05) is 13.7 Å². The van der Waals surface area contributed by atoms with Gasteiger partial charge in [-0.05, 0) is 49.1 Å². The van der Waals surface area contributed by atoms with Crippen LogP contribution in [0.15, 0.2) is 71.8 Å². The molecule has 2 aliphatic rings. The van der Waals surface area contributed by atoms with Gasteiger partial charge in [0.15, 0.2) is 5.84 Å². The molecule has 0 aliphatic carbocycles. The molecule has 3 heterocycles. The Morgan fingerprint density at radius 3 is 2.74 bits per heavy atom. The molecule has 0 amide bonds. The third-order valence-corrected chi connectivity index (χ3v) is 6.04. The van der Waals surface area contributed by atoms with Crippen molar-refractivity contribution in [3.8, 4) is 11.4 Å². The maximum absolute atomic E-state index is 6.00. The largest absolute Gasteiger partial charge is 0.495 e. The first kappa shape index (κ1) is 19.4. The number of aryl methyl sites for hydroxylation is 1. The normalized spacial score (nSPS) is 21.6. The van der Waals surface area contributed by atoms with Gasteiger partial charge in [-0.2, -0.15) is 0 Å². The lowest BCUT2D eigenvalue weighted by Gasteiger charge is -2.37. The Morgan fingerprint density at radius 2 is 2.00 bits per heavy atom.